The first-order valence-corrected chi connectivity index (χ1v) is 6.57. The first kappa shape index (κ1) is 12.8. The molecule has 2 aromatic carbocycles. The average Bonchev–Trinajstić information content (AvgIpc) is 2.47. The molecule has 3 heteroatoms. The fraction of sp³-hybridized carbons (Fsp3) is 0.118. The minimum absolute atomic E-state index is 0.212. The van der Waals surface area contributed by atoms with Crippen molar-refractivity contribution in [1.29, 1.82) is 0 Å². The summed E-state index contributed by atoms with van der Waals surface area (Å²) < 4.78 is 14.3. The summed E-state index contributed by atoms with van der Waals surface area (Å²) in [6, 6.07) is 15.0. The van der Waals surface area contributed by atoms with E-state index in [2.05, 4.69) is 10.3 Å². The van der Waals surface area contributed by atoms with E-state index in [-0.39, 0.29) is 5.82 Å². The van der Waals surface area contributed by atoms with Crippen molar-refractivity contribution in [2.45, 2.75) is 6.54 Å². The number of hydrogen-bond acceptors (Lipinski definition) is 2. The van der Waals surface area contributed by atoms with Gasteiger partial charge in [0.2, 0.25) is 0 Å². The van der Waals surface area contributed by atoms with Gasteiger partial charge < -0.3 is 5.32 Å². The molecule has 100 valence electrons. The highest BCUT2D eigenvalue weighted by atomic mass is 19.1. The van der Waals surface area contributed by atoms with Crippen molar-refractivity contribution in [3.63, 3.8) is 0 Å². The van der Waals surface area contributed by atoms with Gasteiger partial charge in [-0.25, -0.2) is 4.39 Å². The average molecular weight is 266 g/mol. The highest BCUT2D eigenvalue weighted by Gasteiger charge is 2.10. The zero-order valence-corrected chi connectivity index (χ0v) is 11.2. The van der Waals surface area contributed by atoms with E-state index < -0.39 is 0 Å². The van der Waals surface area contributed by atoms with Gasteiger partial charge in [-0.05, 0) is 24.7 Å². The van der Waals surface area contributed by atoms with E-state index in [1.807, 2.05) is 49.5 Å². The van der Waals surface area contributed by atoms with Crippen LogP contribution >= 0.6 is 0 Å². The topological polar surface area (TPSA) is 24.9 Å². The molecule has 0 unspecified atom stereocenters. The zero-order valence-electron chi connectivity index (χ0n) is 11.2. The highest BCUT2D eigenvalue weighted by molar-refractivity contribution is 5.93. The molecule has 0 aliphatic rings. The third-order valence-corrected chi connectivity index (χ3v) is 3.34. The summed E-state index contributed by atoms with van der Waals surface area (Å²) in [5.41, 5.74) is 3.18. The molecule has 1 aromatic heterocycles. The Bertz CT molecular complexity index is 748. The predicted octanol–water partition coefficient (Wildman–Crippen LogP) is 3.76. The lowest BCUT2D eigenvalue weighted by atomic mass is 10.00. The van der Waals surface area contributed by atoms with Crippen molar-refractivity contribution in [2.24, 2.45) is 0 Å². The molecule has 1 heterocycles. The van der Waals surface area contributed by atoms with Crippen LogP contribution in [0.25, 0.3) is 22.0 Å². The van der Waals surface area contributed by atoms with E-state index in [0.29, 0.717) is 12.1 Å². The molecule has 2 nitrogen and oxygen atoms in total. The van der Waals surface area contributed by atoms with Gasteiger partial charge in [-0.3, -0.25) is 4.98 Å². The predicted molar refractivity (Wildman–Crippen MR) is 79.9 cm³/mol. The van der Waals surface area contributed by atoms with E-state index in [9.17, 15) is 4.39 Å². The summed E-state index contributed by atoms with van der Waals surface area (Å²) in [6.45, 7) is 0.658. The normalized spacial score (nSPS) is 10.9. The van der Waals surface area contributed by atoms with Crippen LogP contribution in [0, 0.1) is 5.82 Å². The fourth-order valence-electron chi connectivity index (χ4n) is 2.41. The molecule has 0 saturated heterocycles. The maximum Gasteiger partial charge on any atom is 0.131 e. The van der Waals surface area contributed by atoms with E-state index in [0.717, 1.165) is 22.0 Å². The smallest absolute Gasteiger partial charge is 0.131 e. The second-order valence-corrected chi connectivity index (χ2v) is 4.73. The number of aromatic nitrogens is 1. The number of nitrogens with one attached hydrogen (secondary N) is 1. The fourth-order valence-corrected chi connectivity index (χ4v) is 2.41. The molecule has 0 aliphatic carbocycles. The Morgan fingerprint density at radius 2 is 1.90 bits per heavy atom. The van der Waals surface area contributed by atoms with Crippen molar-refractivity contribution in [1.82, 2.24) is 10.3 Å². The van der Waals surface area contributed by atoms with Crippen LogP contribution in [0.2, 0.25) is 0 Å². The monoisotopic (exact) mass is 266 g/mol. The molecule has 0 spiro atoms. The van der Waals surface area contributed by atoms with Crippen LogP contribution < -0.4 is 5.32 Å². The Kier molecular flexibility index (Phi) is 3.44. The van der Waals surface area contributed by atoms with Crippen molar-refractivity contribution in [2.75, 3.05) is 7.05 Å². The molecule has 3 aromatic rings. The van der Waals surface area contributed by atoms with Gasteiger partial charge in [0.1, 0.15) is 5.82 Å². The third kappa shape index (κ3) is 2.28. The number of benzene rings is 2. The van der Waals surface area contributed by atoms with Gasteiger partial charge in [0.25, 0.3) is 0 Å². The number of hydrogen-bond donors (Lipinski definition) is 1. The SMILES string of the molecule is CNCc1ccc(-c2cccc3cccnc23)c(F)c1. The van der Waals surface area contributed by atoms with Gasteiger partial charge in [0, 0.05) is 29.3 Å². The van der Waals surface area contributed by atoms with Gasteiger partial charge in [-0.15, -0.1) is 0 Å². The molecule has 0 aliphatic heterocycles. The highest BCUT2D eigenvalue weighted by Crippen LogP contribution is 2.29. The molecule has 3 rings (SSSR count). The van der Waals surface area contributed by atoms with Crippen LogP contribution in [0.1, 0.15) is 5.56 Å². The van der Waals surface area contributed by atoms with Gasteiger partial charge in [-0.1, -0.05) is 36.4 Å². The van der Waals surface area contributed by atoms with Crippen LogP contribution in [-0.2, 0) is 6.54 Å². The second kappa shape index (κ2) is 5.39. The van der Waals surface area contributed by atoms with E-state index in [1.165, 1.54) is 0 Å². The maximum absolute atomic E-state index is 14.3. The number of pyridine rings is 1. The summed E-state index contributed by atoms with van der Waals surface area (Å²) >= 11 is 0. The number of nitrogens with zero attached hydrogens (tertiary/aromatic N) is 1. The standard InChI is InChI=1S/C17H15FN2/c1-19-11-12-7-8-14(16(18)10-12)15-6-2-4-13-5-3-9-20-17(13)15/h2-10,19H,11H2,1H3. The molecule has 0 radical (unpaired) electrons. The lowest BCUT2D eigenvalue weighted by Gasteiger charge is -2.08. The van der Waals surface area contributed by atoms with E-state index in [4.69, 9.17) is 0 Å². The van der Waals surface area contributed by atoms with Gasteiger partial charge in [-0.2, -0.15) is 0 Å². The molecule has 0 atom stereocenters. The Labute approximate surface area is 117 Å². The van der Waals surface area contributed by atoms with Crippen LogP contribution in [-0.4, -0.2) is 12.0 Å². The molecule has 20 heavy (non-hydrogen) atoms. The number of halogens is 1. The summed E-state index contributed by atoms with van der Waals surface area (Å²) in [6.07, 6.45) is 1.74. The van der Waals surface area contributed by atoms with Crippen molar-refractivity contribution < 1.29 is 4.39 Å². The molecule has 0 saturated carbocycles. The summed E-state index contributed by atoms with van der Waals surface area (Å²) in [5, 5.41) is 4.04. The van der Waals surface area contributed by atoms with Crippen molar-refractivity contribution in [3.8, 4) is 11.1 Å². The molecule has 0 bridgehead atoms. The Hall–Kier alpha value is -2.26. The maximum atomic E-state index is 14.3. The van der Waals surface area contributed by atoms with Gasteiger partial charge >= 0.3 is 0 Å². The number of para-hydroxylation sites is 1. The van der Waals surface area contributed by atoms with Crippen LogP contribution in [0.5, 0.6) is 0 Å². The minimum Gasteiger partial charge on any atom is -0.316 e. The lowest BCUT2D eigenvalue weighted by Crippen LogP contribution is -2.05. The van der Waals surface area contributed by atoms with E-state index >= 15 is 0 Å². The Morgan fingerprint density at radius 3 is 2.70 bits per heavy atom. The number of fused-ring (bicyclic) bond motifs is 1. The second-order valence-electron chi connectivity index (χ2n) is 4.73. The molecular weight excluding hydrogens is 251 g/mol. The zero-order chi connectivity index (χ0) is 13.9. The van der Waals surface area contributed by atoms with Crippen molar-refractivity contribution >= 4 is 10.9 Å². The lowest BCUT2D eigenvalue weighted by molar-refractivity contribution is 0.627. The third-order valence-electron chi connectivity index (χ3n) is 3.34. The van der Waals surface area contributed by atoms with Crippen LogP contribution in [0.4, 0.5) is 4.39 Å². The molecule has 1 N–H and O–H groups in total. The first-order valence-electron chi connectivity index (χ1n) is 6.57. The van der Waals surface area contributed by atoms with Crippen molar-refractivity contribution in [3.05, 3.63) is 66.1 Å². The minimum atomic E-state index is -0.212. The first-order chi connectivity index (χ1) is 9.79. The Morgan fingerprint density at radius 1 is 1.05 bits per heavy atom. The largest absolute Gasteiger partial charge is 0.316 e. The van der Waals surface area contributed by atoms with Gasteiger partial charge in [0.15, 0.2) is 0 Å². The molecule has 0 amide bonds. The van der Waals surface area contributed by atoms with E-state index in [1.54, 1.807) is 12.3 Å². The van der Waals surface area contributed by atoms with Crippen LogP contribution in [0.15, 0.2) is 54.7 Å². The number of rotatable bonds is 3. The molecular formula is C17H15FN2. The summed E-state index contributed by atoms with van der Waals surface area (Å²) in [4.78, 5) is 4.38. The Balaban J connectivity index is 2.16. The summed E-state index contributed by atoms with van der Waals surface area (Å²) in [7, 11) is 1.85. The van der Waals surface area contributed by atoms with Crippen LogP contribution in [0.3, 0.4) is 0 Å². The summed E-state index contributed by atoms with van der Waals surface area (Å²) in [5.74, 6) is -0.212. The quantitative estimate of drug-likeness (QED) is 0.780. The van der Waals surface area contributed by atoms with Gasteiger partial charge in [0.05, 0.1) is 5.52 Å². The molecule has 0 fully saturated rings.